The molecule has 3 N–H and O–H groups in total. The standard InChI is InChI=1S/C65H108O12/c1-4-7-10-13-16-19-22-25-27-28-29-30-32-34-36-39-42-45-48-51-57(66)73-54-56(75-58(67)52-49-46-43-40-37-33-24-21-18-15-12-9-6-3)55-74-65-63(61(70)60(69)62(77-65)64(71)72)76-59(68)53-50-47-44-41-38-35-31-26-23-20-17-14-11-8-5-2/h9,12,16,18-19,21,25-27,29-31,33,37,56,60-63,65,69-70H,4-8,10-11,13-15,17,20,22-24,28,32,34-36,38-55H2,1-3H3,(H,71,72)/b12-9-,19-16-,21-18-,27-25-,30-29-,31-26-,37-33-. The van der Waals surface area contributed by atoms with Crippen molar-refractivity contribution in [1.82, 2.24) is 0 Å². The number of carbonyl (C=O) groups excluding carboxylic acids is 3. The molecular formula is C65H108O12. The van der Waals surface area contributed by atoms with Crippen molar-refractivity contribution in [3.8, 4) is 0 Å². The van der Waals surface area contributed by atoms with Crippen LogP contribution in [0.3, 0.4) is 0 Å². The maximum absolute atomic E-state index is 13.1. The van der Waals surface area contributed by atoms with Gasteiger partial charge in [-0.05, 0) is 116 Å². The van der Waals surface area contributed by atoms with Gasteiger partial charge in [0.1, 0.15) is 18.8 Å². The van der Waals surface area contributed by atoms with Crippen LogP contribution in [0.5, 0.6) is 0 Å². The van der Waals surface area contributed by atoms with E-state index in [0.717, 1.165) is 128 Å². The minimum atomic E-state index is -1.91. The van der Waals surface area contributed by atoms with Crippen LogP contribution >= 0.6 is 0 Å². The van der Waals surface area contributed by atoms with Gasteiger partial charge in [-0.2, -0.15) is 0 Å². The zero-order valence-corrected chi connectivity index (χ0v) is 48.4. The van der Waals surface area contributed by atoms with Crippen LogP contribution in [0.4, 0.5) is 0 Å². The van der Waals surface area contributed by atoms with E-state index in [9.17, 15) is 34.5 Å². The molecule has 12 nitrogen and oxygen atoms in total. The highest BCUT2D eigenvalue weighted by molar-refractivity contribution is 5.74. The quantitative estimate of drug-likeness (QED) is 0.0228. The van der Waals surface area contributed by atoms with Crippen LogP contribution in [0.15, 0.2) is 85.1 Å². The summed E-state index contributed by atoms with van der Waals surface area (Å²) >= 11 is 0. The summed E-state index contributed by atoms with van der Waals surface area (Å²) in [5.41, 5.74) is 0. The molecule has 6 unspecified atom stereocenters. The molecule has 0 bridgehead atoms. The van der Waals surface area contributed by atoms with E-state index >= 15 is 0 Å². The number of esters is 3. The molecule has 0 saturated carbocycles. The first-order chi connectivity index (χ1) is 37.6. The lowest BCUT2D eigenvalue weighted by atomic mass is 9.98. The summed E-state index contributed by atoms with van der Waals surface area (Å²) < 4.78 is 28.4. The largest absolute Gasteiger partial charge is 0.479 e. The maximum atomic E-state index is 13.1. The van der Waals surface area contributed by atoms with E-state index in [2.05, 4.69) is 106 Å². The highest BCUT2D eigenvalue weighted by Gasteiger charge is 2.50. The van der Waals surface area contributed by atoms with Crippen LogP contribution in [-0.4, -0.2) is 89.2 Å². The molecule has 1 aliphatic rings. The Morgan fingerprint density at radius 3 is 1.30 bits per heavy atom. The van der Waals surface area contributed by atoms with Gasteiger partial charge in [0, 0.05) is 19.3 Å². The van der Waals surface area contributed by atoms with Crippen LogP contribution in [0, 0.1) is 0 Å². The molecule has 1 fully saturated rings. The number of aliphatic hydroxyl groups is 2. The number of unbranched alkanes of at least 4 members (excludes halogenated alkanes) is 23. The van der Waals surface area contributed by atoms with Crippen LogP contribution in [0.2, 0.25) is 0 Å². The average Bonchev–Trinajstić information content (AvgIpc) is 3.42. The lowest BCUT2D eigenvalue weighted by Gasteiger charge is -2.40. The third-order valence-corrected chi connectivity index (χ3v) is 13.4. The molecule has 1 rings (SSSR count). The molecule has 0 amide bonds. The smallest absolute Gasteiger partial charge is 0.335 e. The summed E-state index contributed by atoms with van der Waals surface area (Å²) in [4.78, 5) is 51.2. The first-order valence-corrected chi connectivity index (χ1v) is 30.6. The van der Waals surface area contributed by atoms with Crippen molar-refractivity contribution in [1.29, 1.82) is 0 Å². The zero-order valence-electron chi connectivity index (χ0n) is 48.4. The van der Waals surface area contributed by atoms with Crippen molar-refractivity contribution in [3.05, 3.63) is 85.1 Å². The molecule has 0 aromatic carbocycles. The number of allylic oxidation sites excluding steroid dienone is 14. The highest BCUT2D eigenvalue weighted by atomic mass is 16.7. The van der Waals surface area contributed by atoms with Crippen LogP contribution in [-0.2, 0) is 42.9 Å². The molecule has 1 aliphatic heterocycles. The van der Waals surface area contributed by atoms with E-state index in [-0.39, 0.29) is 25.9 Å². The van der Waals surface area contributed by atoms with Gasteiger partial charge in [0.15, 0.2) is 24.6 Å². The number of carbonyl (C=O) groups is 4. The number of rotatable bonds is 51. The number of aliphatic carboxylic acids is 1. The van der Waals surface area contributed by atoms with Gasteiger partial charge in [-0.1, -0.05) is 202 Å². The predicted molar refractivity (Wildman–Crippen MR) is 312 cm³/mol. The van der Waals surface area contributed by atoms with Gasteiger partial charge in [0.2, 0.25) is 0 Å². The second kappa shape index (κ2) is 52.6. The van der Waals surface area contributed by atoms with E-state index in [0.29, 0.717) is 19.3 Å². The fourth-order valence-electron chi connectivity index (χ4n) is 8.74. The van der Waals surface area contributed by atoms with Crippen LogP contribution in [0.1, 0.15) is 252 Å². The summed E-state index contributed by atoms with van der Waals surface area (Å²) in [5, 5.41) is 31.5. The van der Waals surface area contributed by atoms with Gasteiger partial charge in [-0.25, -0.2) is 4.79 Å². The Labute approximate surface area is 467 Å². The van der Waals surface area contributed by atoms with E-state index in [1.807, 2.05) is 0 Å². The van der Waals surface area contributed by atoms with Crippen molar-refractivity contribution >= 4 is 23.9 Å². The minimum absolute atomic E-state index is 0.0431. The Morgan fingerprint density at radius 1 is 0.442 bits per heavy atom. The van der Waals surface area contributed by atoms with Crippen LogP contribution in [0.25, 0.3) is 0 Å². The van der Waals surface area contributed by atoms with Crippen molar-refractivity contribution in [2.75, 3.05) is 13.2 Å². The van der Waals surface area contributed by atoms with Crippen molar-refractivity contribution in [3.63, 3.8) is 0 Å². The van der Waals surface area contributed by atoms with E-state index in [4.69, 9.17) is 23.7 Å². The number of carboxylic acid groups (broad SMARTS) is 1. The van der Waals surface area contributed by atoms with Crippen LogP contribution < -0.4 is 0 Å². The van der Waals surface area contributed by atoms with Gasteiger partial charge in [-0.3, -0.25) is 14.4 Å². The molecule has 77 heavy (non-hydrogen) atoms. The SMILES string of the molecule is CC/C=C\C/C=C\C/C=C\CCCCCC(=O)OC(COC(=O)CCCCCCCC/C=C\C/C=C\C/C=C\CCCCC)COC1OC(C(=O)O)C(O)C(O)C1OC(=O)CCCCCCC/C=C\CCCCCCCC. The molecule has 0 aliphatic carbocycles. The topological polar surface area (TPSA) is 175 Å². The molecular weight excluding hydrogens is 973 g/mol. The minimum Gasteiger partial charge on any atom is -0.479 e. The third-order valence-electron chi connectivity index (χ3n) is 13.4. The van der Waals surface area contributed by atoms with E-state index < -0.39 is 67.3 Å². The second-order valence-electron chi connectivity index (χ2n) is 20.6. The molecule has 1 heterocycles. The second-order valence-corrected chi connectivity index (χ2v) is 20.6. The fourth-order valence-corrected chi connectivity index (χ4v) is 8.74. The van der Waals surface area contributed by atoms with Gasteiger partial charge >= 0.3 is 23.9 Å². The van der Waals surface area contributed by atoms with Gasteiger partial charge in [0.25, 0.3) is 0 Å². The predicted octanol–water partition coefficient (Wildman–Crippen LogP) is 15.9. The van der Waals surface area contributed by atoms with E-state index in [1.54, 1.807) is 0 Å². The summed E-state index contributed by atoms with van der Waals surface area (Å²) in [6.07, 6.45) is 55.5. The highest BCUT2D eigenvalue weighted by Crippen LogP contribution is 2.26. The fraction of sp³-hybridized carbons (Fsp3) is 0.723. The van der Waals surface area contributed by atoms with Crippen molar-refractivity contribution in [2.45, 2.75) is 289 Å². The van der Waals surface area contributed by atoms with Crippen molar-refractivity contribution in [2.24, 2.45) is 0 Å². The molecule has 440 valence electrons. The molecule has 1 saturated heterocycles. The average molecular weight is 1080 g/mol. The summed E-state index contributed by atoms with van der Waals surface area (Å²) in [5.74, 6) is -3.19. The zero-order chi connectivity index (χ0) is 56.1. The lowest BCUT2D eigenvalue weighted by Crippen LogP contribution is -2.61. The summed E-state index contributed by atoms with van der Waals surface area (Å²) in [7, 11) is 0. The number of carboxylic acids is 1. The number of hydrogen-bond acceptors (Lipinski definition) is 11. The monoisotopic (exact) mass is 1080 g/mol. The number of hydrogen-bond donors (Lipinski definition) is 3. The Hall–Kier alpha value is -4.10. The molecule has 0 radical (unpaired) electrons. The molecule has 0 aromatic rings. The Bertz CT molecular complexity index is 1660. The van der Waals surface area contributed by atoms with Crippen molar-refractivity contribution < 1.29 is 58.2 Å². The maximum Gasteiger partial charge on any atom is 0.335 e. The molecule has 0 aromatic heterocycles. The number of aliphatic hydroxyl groups excluding tert-OH is 2. The Balaban J connectivity index is 2.70. The first-order valence-electron chi connectivity index (χ1n) is 30.6. The van der Waals surface area contributed by atoms with E-state index in [1.165, 1.54) is 64.2 Å². The Morgan fingerprint density at radius 2 is 0.818 bits per heavy atom. The van der Waals surface area contributed by atoms with Gasteiger partial charge in [0.05, 0.1) is 6.61 Å². The molecule has 6 atom stereocenters. The first kappa shape index (κ1) is 70.9. The number of ether oxygens (including phenoxy) is 5. The summed E-state index contributed by atoms with van der Waals surface area (Å²) in [6, 6.07) is 0. The lowest BCUT2D eigenvalue weighted by molar-refractivity contribution is -0.301. The van der Waals surface area contributed by atoms with Gasteiger partial charge in [-0.15, -0.1) is 0 Å². The normalized spacial score (nSPS) is 18.6. The molecule has 12 heteroatoms. The van der Waals surface area contributed by atoms with Gasteiger partial charge < -0.3 is 39.0 Å². The molecule has 0 spiro atoms. The Kier molecular flexibility index (Phi) is 48.4. The summed E-state index contributed by atoms with van der Waals surface area (Å²) in [6.45, 7) is 5.81. The third kappa shape index (κ3) is 42.5.